The standard InChI is InChI=1S/C13H25N3/c1-11(2)16(12(3)4)9-6-8-15-10-7-14-13(15)5/h7,10-12H,6,8-9H2,1-5H3. The van der Waals surface area contributed by atoms with Crippen LogP contribution in [0.2, 0.25) is 0 Å². The predicted octanol–water partition coefficient (Wildman–Crippen LogP) is 2.70. The first-order valence-corrected chi connectivity index (χ1v) is 6.26. The van der Waals surface area contributed by atoms with Crippen molar-refractivity contribution in [1.82, 2.24) is 14.5 Å². The van der Waals surface area contributed by atoms with E-state index in [4.69, 9.17) is 0 Å². The van der Waals surface area contributed by atoms with Gasteiger partial charge in [0.15, 0.2) is 0 Å². The first-order valence-electron chi connectivity index (χ1n) is 6.26. The minimum Gasteiger partial charge on any atom is -0.335 e. The number of imidazole rings is 1. The summed E-state index contributed by atoms with van der Waals surface area (Å²) in [5.41, 5.74) is 0. The zero-order chi connectivity index (χ0) is 12.1. The average Bonchev–Trinajstić information content (AvgIpc) is 2.57. The maximum absolute atomic E-state index is 4.23. The first-order chi connectivity index (χ1) is 7.52. The number of hydrogen-bond donors (Lipinski definition) is 0. The van der Waals surface area contributed by atoms with Crippen molar-refractivity contribution in [2.45, 2.75) is 59.7 Å². The van der Waals surface area contributed by atoms with Crippen LogP contribution in [0.25, 0.3) is 0 Å². The highest BCUT2D eigenvalue weighted by molar-refractivity contribution is 4.88. The Labute approximate surface area is 99.5 Å². The lowest BCUT2D eigenvalue weighted by Crippen LogP contribution is -2.38. The highest BCUT2D eigenvalue weighted by Crippen LogP contribution is 2.07. The van der Waals surface area contributed by atoms with Gasteiger partial charge in [0.1, 0.15) is 5.82 Å². The summed E-state index contributed by atoms with van der Waals surface area (Å²) in [7, 11) is 0. The molecule has 0 fully saturated rings. The van der Waals surface area contributed by atoms with Gasteiger partial charge >= 0.3 is 0 Å². The fourth-order valence-electron chi connectivity index (χ4n) is 2.18. The summed E-state index contributed by atoms with van der Waals surface area (Å²) in [5.74, 6) is 1.11. The third-order valence-electron chi connectivity index (χ3n) is 3.07. The molecule has 0 aliphatic carbocycles. The normalized spacial score (nSPS) is 12.0. The van der Waals surface area contributed by atoms with Crippen LogP contribution in [0.5, 0.6) is 0 Å². The second-order valence-electron chi connectivity index (χ2n) is 4.95. The fraction of sp³-hybridized carbons (Fsp3) is 0.769. The summed E-state index contributed by atoms with van der Waals surface area (Å²) in [4.78, 5) is 6.77. The molecule has 3 nitrogen and oxygen atoms in total. The van der Waals surface area contributed by atoms with Crippen molar-refractivity contribution in [3.05, 3.63) is 18.2 Å². The maximum atomic E-state index is 4.23. The van der Waals surface area contributed by atoms with Gasteiger partial charge in [-0.15, -0.1) is 0 Å². The van der Waals surface area contributed by atoms with Crippen molar-refractivity contribution >= 4 is 0 Å². The second-order valence-corrected chi connectivity index (χ2v) is 4.95. The quantitative estimate of drug-likeness (QED) is 0.739. The molecule has 1 aromatic rings. The third-order valence-corrected chi connectivity index (χ3v) is 3.07. The van der Waals surface area contributed by atoms with Crippen LogP contribution >= 0.6 is 0 Å². The molecule has 0 saturated carbocycles. The van der Waals surface area contributed by atoms with Gasteiger partial charge in [-0.3, -0.25) is 4.90 Å². The van der Waals surface area contributed by atoms with Crippen molar-refractivity contribution in [2.75, 3.05) is 6.54 Å². The minimum absolute atomic E-state index is 0.629. The molecule has 16 heavy (non-hydrogen) atoms. The van der Waals surface area contributed by atoms with Crippen LogP contribution in [0.4, 0.5) is 0 Å². The molecule has 0 bridgehead atoms. The topological polar surface area (TPSA) is 21.1 Å². The largest absolute Gasteiger partial charge is 0.335 e. The van der Waals surface area contributed by atoms with E-state index in [1.807, 2.05) is 6.20 Å². The van der Waals surface area contributed by atoms with Gasteiger partial charge in [-0.2, -0.15) is 0 Å². The Morgan fingerprint density at radius 1 is 1.25 bits per heavy atom. The molecule has 0 saturated heterocycles. The van der Waals surface area contributed by atoms with E-state index in [2.05, 4.69) is 55.3 Å². The monoisotopic (exact) mass is 223 g/mol. The van der Waals surface area contributed by atoms with Crippen LogP contribution in [0, 0.1) is 6.92 Å². The van der Waals surface area contributed by atoms with Gasteiger partial charge in [0.2, 0.25) is 0 Å². The number of rotatable bonds is 6. The molecule has 92 valence electrons. The molecule has 1 rings (SSSR count). The van der Waals surface area contributed by atoms with Crippen molar-refractivity contribution < 1.29 is 0 Å². The van der Waals surface area contributed by atoms with E-state index in [1.54, 1.807) is 0 Å². The fourth-order valence-corrected chi connectivity index (χ4v) is 2.18. The van der Waals surface area contributed by atoms with Crippen LogP contribution in [0.1, 0.15) is 39.9 Å². The summed E-state index contributed by atoms with van der Waals surface area (Å²) in [5, 5.41) is 0. The molecule has 0 aromatic carbocycles. The van der Waals surface area contributed by atoms with Gasteiger partial charge in [0.05, 0.1) is 0 Å². The lowest BCUT2D eigenvalue weighted by Gasteiger charge is -2.30. The van der Waals surface area contributed by atoms with Crippen LogP contribution in [0.3, 0.4) is 0 Å². The molecule has 0 radical (unpaired) electrons. The molecule has 0 N–H and O–H groups in total. The Morgan fingerprint density at radius 3 is 2.31 bits per heavy atom. The molecule has 1 heterocycles. The van der Waals surface area contributed by atoms with Crippen molar-refractivity contribution in [3.63, 3.8) is 0 Å². The van der Waals surface area contributed by atoms with Gasteiger partial charge in [-0.05, 0) is 41.0 Å². The van der Waals surface area contributed by atoms with E-state index < -0.39 is 0 Å². The molecule has 0 unspecified atom stereocenters. The lowest BCUT2D eigenvalue weighted by atomic mass is 10.2. The van der Waals surface area contributed by atoms with Crippen molar-refractivity contribution in [3.8, 4) is 0 Å². The lowest BCUT2D eigenvalue weighted by molar-refractivity contribution is 0.170. The Hall–Kier alpha value is -0.830. The number of hydrogen-bond acceptors (Lipinski definition) is 2. The van der Waals surface area contributed by atoms with E-state index >= 15 is 0 Å². The van der Waals surface area contributed by atoms with E-state index in [9.17, 15) is 0 Å². The van der Waals surface area contributed by atoms with E-state index in [0.717, 1.165) is 18.9 Å². The summed E-state index contributed by atoms with van der Waals surface area (Å²) >= 11 is 0. The molecule has 0 aliphatic rings. The van der Waals surface area contributed by atoms with E-state index in [1.165, 1.54) is 6.42 Å². The highest BCUT2D eigenvalue weighted by Gasteiger charge is 2.12. The molecule has 3 heteroatoms. The van der Waals surface area contributed by atoms with E-state index in [-0.39, 0.29) is 0 Å². The van der Waals surface area contributed by atoms with Crippen LogP contribution < -0.4 is 0 Å². The molecule has 0 amide bonds. The molecular formula is C13H25N3. The molecule has 1 aromatic heterocycles. The Morgan fingerprint density at radius 2 is 1.88 bits per heavy atom. The summed E-state index contributed by atoms with van der Waals surface area (Å²) in [6.45, 7) is 13.4. The summed E-state index contributed by atoms with van der Waals surface area (Å²) in [6.07, 6.45) is 5.12. The SMILES string of the molecule is Cc1nccn1CCCN(C(C)C)C(C)C. The number of aryl methyl sites for hydroxylation is 2. The van der Waals surface area contributed by atoms with E-state index in [0.29, 0.717) is 12.1 Å². The Bertz CT molecular complexity index is 294. The highest BCUT2D eigenvalue weighted by atomic mass is 15.2. The zero-order valence-corrected chi connectivity index (χ0v) is 11.3. The van der Waals surface area contributed by atoms with Crippen molar-refractivity contribution in [2.24, 2.45) is 0 Å². The Kier molecular flexibility index (Phi) is 5.00. The number of nitrogens with zero attached hydrogens (tertiary/aromatic N) is 3. The molecular weight excluding hydrogens is 198 g/mol. The Balaban J connectivity index is 2.37. The second kappa shape index (κ2) is 6.04. The van der Waals surface area contributed by atoms with Crippen LogP contribution in [-0.2, 0) is 6.54 Å². The summed E-state index contributed by atoms with van der Waals surface area (Å²) < 4.78 is 2.22. The van der Waals surface area contributed by atoms with Crippen molar-refractivity contribution in [1.29, 1.82) is 0 Å². The molecule has 0 atom stereocenters. The smallest absolute Gasteiger partial charge is 0.105 e. The number of aromatic nitrogens is 2. The predicted molar refractivity (Wildman–Crippen MR) is 68.6 cm³/mol. The van der Waals surface area contributed by atoms with Gasteiger partial charge in [-0.1, -0.05) is 0 Å². The maximum Gasteiger partial charge on any atom is 0.105 e. The molecule has 0 spiro atoms. The van der Waals surface area contributed by atoms with Gasteiger partial charge in [-0.25, -0.2) is 4.98 Å². The third kappa shape index (κ3) is 3.63. The minimum atomic E-state index is 0.629. The average molecular weight is 223 g/mol. The van der Waals surface area contributed by atoms with Gasteiger partial charge in [0.25, 0.3) is 0 Å². The summed E-state index contributed by atoms with van der Waals surface area (Å²) in [6, 6.07) is 1.26. The zero-order valence-electron chi connectivity index (χ0n) is 11.3. The first kappa shape index (κ1) is 13.2. The molecule has 0 aliphatic heterocycles. The van der Waals surface area contributed by atoms with Crippen LogP contribution in [-0.4, -0.2) is 33.1 Å². The van der Waals surface area contributed by atoms with Gasteiger partial charge in [0, 0.05) is 37.6 Å². The van der Waals surface area contributed by atoms with Crippen LogP contribution in [0.15, 0.2) is 12.4 Å². The van der Waals surface area contributed by atoms with Gasteiger partial charge < -0.3 is 4.57 Å².